The number of nitrogens with one attached hydrogen (secondary N) is 1. The van der Waals surface area contributed by atoms with Crippen LogP contribution in [0, 0.1) is 0 Å². The van der Waals surface area contributed by atoms with Gasteiger partial charge in [-0.25, -0.2) is 4.79 Å². The SMILES string of the molecule is O=C(NCCC(c1ccccc1)c1ccccc1)N(c1ccccc1)c1ccccc1. The first kappa shape index (κ1) is 20.4. The van der Waals surface area contributed by atoms with Crippen LogP contribution in [-0.4, -0.2) is 12.6 Å². The second kappa shape index (κ2) is 10.3. The van der Waals surface area contributed by atoms with Crippen molar-refractivity contribution >= 4 is 17.4 Å². The van der Waals surface area contributed by atoms with Crippen molar-refractivity contribution in [1.29, 1.82) is 0 Å². The van der Waals surface area contributed by atoms with Gasteiger partial charge in [0.05, 0.1) is 11.4 Å². The Morgan fingerprint density at radius 1 is 0.613 bits per heavy atom. The molecule has 2 amide bonds. The lowest BCUT2D eigenvalue weighted by atomic mass is 9.88. The first-order chi connectivity index (χ1) is 15.3. The smallest absolute Gasteiger partial charge is 0.326 e. The number of amides is 2. The van der Waals surface area contributed by atoms with Crippen LogP contribution in [0.4, 0.5) is 16.2 Å². The fourth-order valence-electron chi connectivity index (χ4n) is 3.84. The van der Waals surface area contributed by atoms with Crippen molar-refractivity contribution in [1.82, 2.24) is 5.32 Å². The quantitative estimate of drug-likeness (QED) is 0.361. The van der Waals surface area contributed by atoms with Gasteiger partial charge in [-0.1, -0.05) is 97.1 Å². The van der Waals surface area contributed by atoms with Crippen LogP contribution in [0.1, 0.15) is 23.5 Å². The highest BCUT2D eigenvalue weighted by Gasteiger charge is 2.19. The zero-order valence-corrected chi connectivity index (χ0v) is 17.4. The number of carbonyl (C=O) groups is 1. The normalized spacial score (nSPS) is 10.6. The van der Waals surface area contributed by atoms with Gasteiger partial charge in [-0.15, -0.1) is 0 Å². The zero-order chi connectivity index (χ0) is 21.3. The fourth-order valence-corrected chi connectivity index (χ4v) is 3.84. The second-order valence-corrected chi connectivity index (χ2v) is 7.40. The van der Waals surface area contributed by atoms with Crippen LogP contribution < -0.4 is 10.2 Å². The minimum Gasteiger partial charge on any atom is -0.337 e. The predicted octanol–water partition coefficient (Wildman–Crippen LogP) is 6.76. The average molecular weight is 407 g/mol. The van der Waals surface area contributed by atoms with Gasteiger partial charge < -0.3 is 5.32 Å². The molecule has 4 aromatic carbocycles. The number of carbonyl (C=O) groups excluding carboxylic acids is 1. The van der Waals surface area contributed by atoms with Gasteiger partial charge in [-0.2, -0.15) is 0 Å². The van der Waals surface area contributed by atoms with E-state index in [2.05, 4.69) is 53.8 Å². The maximum atomic E-state index is 13.2. The molecule has 0 saturated carbocycles. The summed E-state index contributed by atoms with van der Waals surface area (Å²) in [5.74, 6) is 0.226. The number of nitrogens with zero attached hydrogens (tertiary/aromatic N) is 1. The van der Waals surface area contributed by atoms with Crippen LogP contribution in [0.2, 0.25) is 0 Å². The second-order valence-electron chi connectivity index (χ2n) is 7.40. The van der Waals surface area contributed by atoms with Crippen LogP contribution in [-0.2, 0) is 0 Å². The topological polar surface area (TPSA) is 32.3 Å². The Bertz CT molecular complexity index is 988. The van der Waals surface area contributed by atoms with Gasteiger partial charge in [0.25, 0.3) is 0 Å². The largest absolute Gasteiger partial charge is 0.337 e. The molecule has 3 nitrogen and oxygen atoms in total. The number of para-hydroxylation sites is 2. The summed E-state index contributed by atoms with van der Waals surface area (Å²) in [5, 5.41) is 3.14. The van der Waals surface area contributed by atoms with Gasteiger partial charge in [0, 0.05) is 12.5 Å². The highest BCUT2D eigenvalue weighted by molar-refractivity contribution is 5.99. The summed E-state index contributed by atoms with van der Waals surface area (Å²) in [6, 6.07) is 40.3. The maximum absolute atomic E-state index is 13.2. The summed E-state index contributed by atoms with van der Waals surface area (Å²) in [5.41, 5.74) is 4.19. The molecule has 0 aliphatic rings. The molecule has 31 heavy (non-hydrogen) atoms. The summed E-state index contributed by atoms with van der Waals surface area (Å²) in [4.78, 5) is 14.9. The summed E-state index contributed by atoms with van der Waals surface area (Å²) in [7, 11) is 0. The Hall–Kier alpha value is -3.85. The van der Waals surface area contributed by atoms with Gasteiger partial charge in [-0.05, 0) is 41.8 Å². The first-order valence-corrected chi connectivity index (χ1v) is 10.6. The van der Waals surface area contributed by atoms with Crippen molar-refractivity contribution in [3.05, 3.63) is 132 Å². The van der Waals surface area contributed by atoms with Crippen molar-refractivity contribution < 1.29 is 4.79 Å². The lowest BCUT2D eigenvalue weighted by molar-refractivity contribution is 0.248. The summed E-state index contributed by atoms with van der Waals surface area (Å²) < 4.78 is 0. The molecule has 0 fully saturated rings. The molecule has 0 saturated heterocycles. The fraction of sp³-hybridized carbons (Fsp3) is 0.107. The highest BCUT2D eigenvalue weighted by Crippen LogP contribution is 2.28. The molecule has 0 unspecified atom stereocenters. The number of anilines is 2. The predicted molar refractivity (Wildman–Crippen MR) is 128 cm³/mol. The van der Waals surface area contributed by atoms with E-state index in [1.807, 2.05) is 72.8 Å². The Labute approximate surface area is 184 Å². The van der Waals surface area contributed by atoms with E-state index in [0.717, 1.165) is 17.8 Å². The Morgan fingerprint density at radius 3 is 1.42 bits per heavy atom. The molecule has 0 aliphatic heterocycles. The van der Waals surface area contributed by atoms with E-state index in [9.17, 15) is 4.79 Å². The van der Waals surface area contributed by atoms with Gasteiger partial charge in [0.2, 0.25) is 0 Å². The van der Waals surface area contributed by atoms with Crippen LogP contribution in [0.15, 0.2) is 121 Å². The summed E-state index contributed by atoms with van der Waals surface area (Å²) in [6.45, 7) is 0.573. The summed E-state index contributed by atoms with van der Waals surface area (Å²) in [6.07, 6.45) is 0.817. The van der Waals surface area contributed by atoms with Crippen molar-refractivity contribution in [3.63, 3.8) is 0 Å². The third-order valence-electron chi connectivity index (χ3n) is 5.34. The van der Waals surface area contributed by atoms with E-state index < -0.39 is 0 Å². The van der Waals surface area contributed by atoms with Gasteiger partial charge in [0.15, 0.2) is 0 Å². The minimum absolute atomic E-state index is 0.128. The van der Waals surface area contributed by atoms with E-state index in [0.29, 0.717) is 6.54 Å². The number of urea groups is 1. The molecule has 1 N–H and O–H groups in total. The first-order valence-electron chi connectivity index (χ1n) is 10.6. The number of rotatable bonds is 7. The van der Waals surface area contributed by atoms with Crippen molar-refractivity contribution in [2.24, 2.45) is 0 Å². The minimum atomic E-state index is -0.128. The average Bonchev–Trinajstić information content (AvgIpc) is 2.84. The van der Waals surface area contributed by atoms with E-state index in [4.69, 9.17) is 0 Å². The van der Waals surface area contributed by atoms with Crippen LogP contribution >= 0.6 is 0 Å². The molecule has 4 aromatic rings. The number of benzene rings is 4. The molecule has 0 spiro atoms. The van der Waals surface area contributed by atoms with Crippen molar-refractivity contribution in [3.8, 4) is 0 Å². The van der Waals surface area contributed by atoms with Crippen molar-refractivity contribution in [2.45, 2.75) is 12.3 Å². The van der Waals surface area contributed by atoms with E-state index >= 15 is 0 Å². The monoisotopic (exact) mass is 406 g/mol. The Morgan fingerprint density at radius 2 is 1.00 bits per heavy atom. The third kappa shape index (κ3) is 5.20. The van der Waals surface area contributed by atoms with E-state index in [-0.39, 0.29) is 11.9 Å². The van der Waals surface area contributed by atoms with Crippen LogP contribution in [0.3, 0.4) is 0 Å². The molecule has 0 bridgehead atoms. The van der Waals surface area contributed by atoms with Gasteiger partial charge in [0.1, 0.15) is 0 Å². The zero-order valence-electron chi connectivity index (χ0n) is 17.4. The molecule has 3 heteroatoms. The molecule has 0 aromatic heterocycles. The van der Waals surface area contributed by atoms with Crippen LogP contribution in [0.5, 0.6) is 0 Å². The Balaban J connectivity index is 1.50. The lowest BCUT2D eigenvalue weighted by Crippen LogP contribution is -2.37. The molecule has 0 radical (unpaired) electrons. The van der Waals surface area contributed by atoms with Gasteiger partial charge >= 0.3 is 6.03 Å². The molecule has 0 heterocycles. The molecular formula is C28H26N2O. The maximum Gasteiger partial charge on any atom is 0.326 e. The highest BCUT2D eigenvalue weighted by atomic mass is 16.2. The number of hydrogen-bond donors (Lipinski definition) is 1. The molecular weight excluding hydrogens is 380 g/mol. The number of hydrogen-bond acceptors (Lipinski definition) is 1. The van der Waals surface area contributed by atoms with Crippen LogP contribution in [0.25, 0.3) is 0 Å². The van der Waals surface area contributed by atoms with Gasteiger partial charge in [-0.3, -0.25) is 4.90 Å². The Kier molecular flexibility index (Phi) is 6.76. The molecule has 154 valence electrons. The van der Waals surface area contributed by atoms with E-state index in [1.165, 1.54) is 11.1 Å². The standard InChI is InChI=1S/C28H26N2O/c31-28(30(25-17-9-3-10-18-25)26-19-11-4-12-20-26)29-22-21-27(23-13-5-1-6-14-23)24-15-7-2-8-16-24/h1-20,27H,21-22H2,(H,29,31). The van der Waals surface area contributed by atoms with Crippen molar-refractivity contribution in [2.75, 3.05) is 11.4 Å². The third-order valence-corrected chi connectivity index (χ3v) is 5.34. The van der Waals surface area contributed by atoms with E-state index in [1.54, 1.807) is 4.90 Å². The molecule has 0 atom stereocenters. The summed E-state index contributed by atoms with van der Waals surface area (Å²) >= 11 is 0. The molecule has 0 aliphatic carbocycles. The molecule has 4 rings (SSSR count). The lowest BCUT2D eigenvalue weighted by Gasteiger charge is -2.24.